The maximum atomic E-state index is 13.3. The summed E-state index contributed by atoms with van der Waals surface area (Å²) >= 11 is 0. The first-order valence-corrected chi connectivity index (χ1v) is 12.7. The lowest BCUT2D eigenvalue weighted by Crippen LogP contribution is -2.55. The van der Waals surface area contributed by atoms with Crippen LogP contribution in [0.4, 0.5) is 0 Å². The molecule has 186 valence electrons. The van der Waals surface area contributed by atoms with E-state index in [0.717, 1.165) is 0 Å². The first-order valence-electron chi connectivity index (χ1n) is 10.8. The molecule has 0 saturated heterocycles. The normalized spacial score (nSPS) is 14.9. The molecule has 0 aromatic rings. The van der Waals surface area contributed by atoms with E-state index in [1.165, 1.54) is 4.31 Å². The van der Waals surface area contributed by atoms with Crippen molar-refractivity contribution in [3.63, 3.8) is 0 Å². The van der Waals surface area contributed by atoms with E-state index in [-0.39, 0.29) is 6.61 Å². The molecule has 0 bridgehead atoms. The van der Waals surface area contributed by atoms with Gasteiger partial charge in [-0.1, -0.05) is 20.8 Å². The molecule has 0 radical (unpaired) electrons. The predicted octanol–water partition coefficient (Wildman–Crippen LogP) is 4.71. The molecule has 31 heavy (non-hydrogen) atoms. The molecule has 0 rings (SSSR count). The Hall–Kier alpha value is -0.270. The van der Waals surface area contributed by atoms with Crippen LogP contribution in [0.15, 0.2) is 0 Å². The van der Waals surface area contributed by atoms with Crippen molar-refractivity contribution in [2.45, 2.75) is 105 Å². The van der Waals surface area contributed by atoms with Crippen molar-refractivity contribution >= 4 is 25.5 Å². The number of sulfonamides is 1. The Kier molecular flexibility index (Phi) is 10.2. The minimum absolute atomic E-state index is 0.0740. The van der Waals surface area contributed by atoms with Crippen LogP contribution in [0.25, 0.3) is 0 Å². The molecule has 0 fully saturated rings. The lowest BCUT2D eigenvalue weighted by molar-refractivity contribution is -0.157. The summed E-state index contributed by atoms with van der Waals surface area (Å²) in [7, 11) is -1.51. The van der Waals surface area contributed by atoms with Gasteiger partial charge in [-0.15, -0.1) is 0 Å². The lowest BCUT2D eigenvalue weighted by Gasteiger charge is -2.44. The highest BCUT2D eigenvalue weighted by Gasteiger charge is 2.47. The number of rotatable bonds is 14. The van der Waals surface area contributed by atoms with Gasteiger partial charge in [0.05, 0.1) is 17.6 Å². The van der Waals surface area contributed by atoms with Crippen LogP contribution in [0.5, 0.6) is 0 Å². The molecular formula is C22H46NO6PS. The van der Waals surface area contributed by atoms with Crippen molar-refractivity contribution in [2.24, 2.45) is 10.8 Å². The van der Waals surface area contributed by atoms with E-state index in [2.05, 4.69) is 9.47 Å². The zero-order chi connectivity index (χ0) is 25.1. The van der Waals surface area contributed by atoms with E-state index < -0.39 is 42.7 Å². The average Bonchev–Trinajstić information content (AvgIpc) is 2.52. The second-order valence-corrected chi connectivity index (χ2v) is 14.2. The monoisotopic (exact) mass is 483 g/mol. The van der Waals surface area contributed by atoms with Crippen molar-refractivity contribution < 1.29 is 27.6 Å². The third-order valence-electron chi connectivity index (χ3n) is 6.68. The van der Waals surface area contributed by atoms with Gasteiger partial charge in [-0.05, 0) is 73.6 Å². The predicted molar refractivity (Wildman–Crippen MR) is 130 cm³/mol. The van der Waals surface area contributed by atoms with Crippen LogP contribution >= 0.6 is 9.47 Å². The van der Waals surface area contributed by atoms with E-state index in [9.17, 15) is 18.3 Å². The SMILES string of the molecule is CCN(C(C)(C)CCOC(C)(C)CC(C)(C)C(C)(C)C(=O)O)S(=O)(=O)C(C)(C)COP. The third-order valence-corrected chi connectivity index (χ3v) is 9.70. The van der Waals surface area contributed by atoms with Crippen LogP contribution in [0.2, 0.25) is 0 Å². The van der Waals surface area contributed by atoms with Gasteiger partial charge < -0.3 is 14.4 Å². The van der Waals surface area contributed by atoms with Gasteiger partial charge in [-0.25, -0.2) is 8.42 Å². The molecule has 0 saturated carbocycles. The molecule has 0 heterocycles. The standard InChI is InChI=1S/C22H46NO6PS/c1-12-23(31(26,27)21(8,9)16-29-30)19(4,5)13-14-28-20(6,7)15-18(2,3)22(10,11)17(24)25/h12-16,30H2,1-11H3,(H,24,25). The quantitative estimate of drug-likeness (QED) is 0.360. The Bertz CT molecular complexity index is 714. The molecule has 0 aliphatic rings. The van der Waals surface area contributed by atoms with Gasteiger partial charge in [-0.2, -0.15) is 4.31 Å². The summed E-state index contributed by atoms with van der Waals surface area (Å²) in [5, 5.41) is 9.61. The van der Waals surface area contributed by atoms with E-state index in [1.807, 2.05) is 48.5 Å². The van der Waals surface area contributed by atoms with Crippen LogP contribution in [0.1, 0.15) is 89.0 Å². The Morgan fingerprint density at radius 1 is 1.00 bits per heavy atom. The summed E-state index contributed by atoms with van der Waals surface area (Å²) in [6.45, 7) is 21.0. The van der Waals surface area contributed by atoms with E-state index >= 15 is 0 Å². The van der Waals surface area contributed by atoms with Crippen molar-refractivity contribution in [3.05, 3.63) is 0 Å². The molecule has 0 aliphatic carbocycles. The smallest absolute Gasteiger partial charge is 0.309 e. The Balaban J connectivity index is 5.37. The van der Waals surface area contributed by atoms with Crippen LogP contribution in [0, 0.1) is 10.8 Å². The minimum atomic E-state index is -3.62. The molecule has 0 amide bonds. The summed E-state index contributed by atoms with van der Waals surface area (Å²) in [6.07, 6.45) is 1.05. The summed E-state index contributed by atoms with van der Waals surface area (Å²) in [5.74, 6) is -0.838. The molecule has 9 heteroatoms. The van der Waals surface area contributed by atoms with Crippen molar-refractivity contribution in [1.29, 1.82) is 0 Å². The number of carbonyl (C=O) groups is 1. The fraction of sp³-hybridized carbons (Fsp3) is 0.955. The number of hydrogen-bond donors (Lipinski definition) is 1. The molecule has 0 spiro atoms. The van der Waals surface area contributed by atoms with Gasteiger partial charge in [0.15, 0.2) is 0 Å². The van der Waals surface area contributed by atoms with E-state index in [1.54, 1.807) is 27.7 Å². The highest BCUT2D eigenvalue weighted by Crippen LogP contribution is 2.45. The van der Waals surface area contributed by atoms with Gasteiger partial charge in [0, 0.05) is 28.2 Å². The molecule has 7 nitrogen and oxygen atoms in total. The number of aliphatic carboxylic acids is 1. The van der Waals surface area contributed by atoms with Gasteiger partial charge in [-0.3, -0.25) is 4.79 Å². The van der Waals surface area contributed by atoms with Crippen LogP contribution < -0.4 is 0 Å². The molecule has 1 atom stereocenters. The minimum Gasteiger partial charge on any atom is -0.481 e. The zero-order valence-electron chi connectivity index (χ0n) is 21.5. The largest absolute Gasteiger partial charge is 0.481 e. The summed E-state index contributed by atoms with van der Waals surface area (Å²) in [6, 6.07) is 0. The fourth-order valence-electron chi connectivity index (χ4n) is 3.82. The lowest BCUT2D eigenvalue weighted by atomic mass is 9.63. The highest BCUT2D eigenvalue weighted by molar-refractivity contribution is 7.90. The zero-order valence-corrected chi connectivity index (χ0v) is 23.4. The van der Waals surface area contributed by atoms with Gasteiger partial charge in [0.1, 0.15) is 4.75 Å². The number of hydrogen-bond acceptors (Lipinski definition) is 5. The molecule has 0 aromatic carbocycles. The van der Waals surface area contributed by atoms with Crippen LogP contribution in [0.3, 0.4) is 0 Å². The van der Waals surface area contributed by atoms with Crippen LogP contribution in [-0.2, 0) is 24.1 Å². The van der Waals surface area contributed by atoms with Gasteiger partial charge in [0.2, 0.25) is 10.0 Å². The van der Waals surface area contributed by atoms with E-state index in [0.29, 0.717) is 26.0 Å². The van der Waals surface area contributed by atoms with Gasteiger partial charge in [0.25, 0.3) is 0 Å². The first kappa shape index (κ1) is 30.7. The van der Waals surface area contributed by atoms with Crippen molar-refractivity contribution in [2.75, 3.05) is 19.8 Å². The molecule has 0 aromatic heterocycles. The molecular weight excluding hydrogens is 437 g/mol. The Morgan fingerprint density at radius 2 is 1.48 bits per heavy atom. The molecule has 1 N–H and O–H groups in total. The third kappa shape index (κ3) is 7.36. The van der Waals surface area contributed by atoms with Crippen molar-refractivity contribution in [1.82, 2.24) is 4.31 Å². The molecule has 1 unspecified atom stereocenters. The fourth-order valence-corrected chi connectivity index (χ4v) is 6.26. The number of carboxylic acids is 1. The summed E-state index contributed by atoms with van der Waals surface area (Å²) < 4.78 is 38.3. The highest BCUT2D eigenvalue weighted by atomic mass is 32.2. The second-order valence-electron chi connectivity index (χ2n) is 11.4. The number of nitrogens with zero attached hydrogens (tertiary/aromatic N) is 1. The summed E-state index contributed by atoms with van der Waals surface area (Å²) in [5.41, 5.74) is -2.63. The average molecular weight is 484 g/mol. The van der Waals surface area contributed by atoms with Gasteiger partial charge >= 0.3 is 5.97 Å². The maximum Gasteiger partial charge on any atom is 0.309 e. The van der Waals surface area contributed by atoms with Crippen molar-refractivity contribution in [3.8, 4) is 0 Å². The Labute approximate surface area is 193 Å². The van der Waals surface area contributed by atoms with Crippen LogP contribution in [-0.4, -0.2) is 59.4 Å². The van der Waals surface area contributed by atoms with E-state index in [4.69, 9.17) is 9.26 Å². The first-order chi connectivity index (χ1) is 13.6. The number of ether oxygens (including phenoxy) is 1. The number of carboxylic acid groups (broad SMARTS) is 1. The maximum absolute atomic E-state index is 13.3. The second kappa shape index (κ2) is 10.3. The Morgan fingerprint density at radius 3 is 1.87 bits per heavy atom. The topological polar surface area (TPSA) is 93.1 Å². The molecule has 0 aliphatic heterocycles. The summed E-state index contributed by atoms with van der Waals surface area (Å²) in [4.78, 5) is 11.7.